The van der Waals surface area contributed by atoms with Crippen LogP contribution in [-0.2, 0) is 0 Å². The predicted octanol–water partition coefficient (Wildman–Crippen LogP) is 2.04. The Labute approximate surface area is 81.2 Å². The minimum absolute atomic E-state index is 0.0297. The highest BCUT2D eigenvalue weighted by atomic mass is 16.3. The van der Waals surface area contributed by atoms with Gasteiger partial charge in [0.15, 0.2) is 0 Å². The SMILES string of the molecule is Cc1ccc(O)c(C(CO)N=[N+]=[N-])c1. The van der Waals surface area contributed by atoms with Crippen molar-refractivity contribution in [1.29, 1.82) is 0 Å². The van der Waals surface area contributed by atoms with Gasteiger partial charge in [0, 0.05) is 10.5 Å². The van der Waals surface area contributed by atoms with Crippen molar-refractivity contribution in [3.05, 3.63) is 39.8 Å². The van der Waals surface area contributed by atoms with Crippen LogP contribution < -0.4 is 0 Å². The van der Waals surface area contributed by atoms with Crippen molar-refractivity contribution in [2.45, 2.75) is 13.0 Å². The summed E-state index contributed by atoms with van der Waals surface area (Å²) in [5, 5.41) is 21.8. The molecule has 0 radical (unpaired) electrons. The second-order valence-corrected chi connectivity index (χ2v) is 2.97. The Kier molecular flexibility index (Phi) is 3.34. The number of hydrogen-bond donors (Lipinski definition) is 2. The van der Waals surface area contributed by atoms with Crippen LogP contribution in [0.15, 0.2) is 23.3 Å². The molecule has 0 amide bonds. The second kappa shape index (κ2) is 4.50. The van der Waals surface area contributed by atoms with Crippen molar-refractivity contribution in [1.82, 2.24) is 0 Å². The van der Waals surface area contributed by atoms with Crippen LogP contribution in [0.3, 0.4) is 0 Å². The molecule has 1 aromatic rings. The normalized spacial score (nSPS) is 11.9. The van der Waals surface area contributed by atoms with Crippen LogP contribution in [-0.4, -0.2) is 16.8 Å². The summed E-state index contributed by atoms with van der Waals surface area (Å²) >= 11 is 0. The number of azide groups is 1. The molecular formula is C9H11N3O2. The quantitative estimate of drug-likeness (QED) is 0.437. The molecule has 0 spiro atoms. The number of benzene rings is 1. The van der Waals surface area contributed by atoms with Crippen LogP contribution in [0, 0.1) is 6.92 Å². The lowest BCUT2D eigenvalue weighted by Crippen LogP contribution is -2.00. The van der Waals surface area contributed by atoms with Gasteiger partial charge in [0.2, 0.25) is 0 Å². The van der Waals surface area contributed by atoms with Gasteiger partial charge >= 0.3 is 0 Å². The number of phenolic OH excluding ortho intramolecular Hbond substituents is 1. The first-order valence-corrected chi connectivity index (χ1v) is 4.13. The number of rotatable bonds is 3. The minimum Gasteiger partial charge on any atom is -0.508 e. The lowest BCUT2D eigenvalue weighted by atomic mass is 10.0. The van der Waals surface area contributed by atoms with Crippen molar-refractivity contribution in [3.8, 4) is 5.75 Å². The zero-order valence-corrected chi connectivity index (χ0v) is 7.75. The molecule has 0 aliphatic carbocycles. The fourth-order valence-corrected chi connectivity index (χ4v) is 1.20. The Hall–Kier alpha value is -1.71. The molecule has 0 aliphatic heterocycles. The molecule has 0 heterocycles. The third-order valence-electron chi connectivity index (χ3n) is 1.91. The predicted molar refractivity (Wildman–Crippen MR) is 51.8 cm³/mol. The summed E-state index contributed by atoms with van der Waals surface area (Å²) in [5.41, 5.74) is 9.64. The number of aromatic hydroxyl groups is 1. The summed E-state index contributed by atoms with van der Waals surface area (Å²) in [4.78, 5) is 2.61. The van der Waals surface area contributed by atoms with Crippen LogP contribution in [0.1, 0.15) is 17.2 Å². The van der Waals surface area contributed by atoms with E-state index in [1.807, 2.05) is 6.92 Å². The summed E-state index contributed by atoms with van der Waals surface area (Å²) in [6, 6.07) is 4.22. The van der Waals surface area contributed by atoms with Crippen molar-refractivity contribution in [3.63, 3.8) is 0 Å². The first kappa shape index (κ1) is 10.4. The van der Waals surface area contributed by atoms with Gasteiger partial charge in [0.1, 0.15) is 5.75 Å². The Morgan fingerprint density at radius 3 is 2.86 bits per heavy atom. The highest BCUT2D eigenvalue weighted by Gasteiger charge is 2.12. The van der Waals surface area contributed by atoms with Crippen LogP contribution in [0.2, 0.25) is 0 Å². The van der Waals surface area contributed by atoms with Gasteiger partial charge in [-0.1, -0.05) is 22.8 Å². The minimum atomic E-state index is -0.722. The number of aliphatic hydroxyl groups excluding tert-OH is 1. The zero-order valence-electron chi connectivity index (χ0n) is 7.75. The van der Waals surface area contributed by atoms with E-state index in [-0.39, 0.29) is 12.4 Å². The van der Waals surface area contributed by atoms with Crippen molar-refractivity contribution >= 4 is 0 Å². The topological polar surface area (TPSA) is 89.2 Å². The molecule has 0 aromatic heterocycles. The molecule has 2 N–H and O–H groups in total. The molecule has 0 saturated carbocycles. The molecule has 0 bridgehead atoms. The standard InChI is InChI=1S/C9H11N3O2/c1-6-2-3-9(14)7(4-6)8(5-13)11-12-10/h2-4,8,13-14H,5H2,1H3. The van der Waals surface area contributed by atoms with Gasteiger partial charge in [-0.2, -0.15) is 0 Å². The molecule has 0 fully saturated rings. The van der Waals surface area contributed by atoms with E-state index < -0.39 is 6.04 Å². The van der Waals surface area contributed by atoms with E-state index in [4.69, 9.17) is 10.6 Å². The summed E-state index contributed by atoms with van der Waals surface area (Å²) in [6.45, 7) is 1.54. The van der Waals surface area contributed by atoms with Crippen LogP contribution in [0.4, 0.5) is 0 Å². The van der Waals surface area contributed by atoms with E-state index in [1.54, 1.807) is 12.1 Å². The van der Waals surface area contributed by atoms with Crippen LogP contribution in [0.25, 0.3) is 10.4 Å². The average molecular weight is 193 g/mol. The van der Waals surface area contributed by atoms with Gasteiger partial charge in [-0.15, -0.1) is 0 Å². The van der Waals surface area contributed by atoms with E-state index in [0.29, 0.717) is 5.56 Å². The number of aryl methyl sites for hydroxylation is 1. The molecule has 1 rings (SSSR count). The van der Waals surface area contributed by atoms with Crippen molar-refractivity contribution in [2.24, 2.45) is 5.11 Å². The second-order valence-electron chi connectivity index (χ2n) is 2.97. The van der Waals surface area contributed by atoms with E-state index in [1.165, 1.54) is 6.07 Å². The highest BCUT2D eigenvalue weighted by molar-refractivity contribution is 5.38. The number of nitrogens with zero attached hydrogens (tertiary/aromatic N) is 3. The maximum atomic E-state index is 9.47. The molecule has 1 atom stereocenters. The third-order valence-corrected chi connectivity index (χ3v) is 1.91. The maximum absolute atomic E-state index is 9.47. The summed E-state index contributed by atoms with van der Waals surface area (Å²) in [6.07, 6.45) is 0. The number of phenols is 1. The van der Waals surface area contributed by atoms with Gasteiger partial charge in [-0.25, -0.2) is 0 Å². The molecule has 5 heteroatoms. The molecule has 5 nitrogen and oxygen atoms in total. The van der Waals surface area contributed by atoms with E-state index in [2.05, 4.69) is 10.0 Å². The molecule has 14 heavy (non-hydrogen) atoms. The maximum Gasteiger partial charge on any atom is 0.119 e. The first-order valence-electron chi connectivity index (χ1n) is 4.13. The number of aliphatic hydroxyl groups is 1. The van der Waals surface area contributed by atoms with Gasteiger partial charge in [0.05, 0.1) is 12.6 Å². The van der Waals surface area contributed by atoms with E-state index >= 15 is 0 Å². The monoisotopic (exact) mass is 193 g/mol. The largest absolute Gasteiger partial charge is 0.508 e. The molecule has 0 aliphatic rings. The molecule has 1 aromatic carbocycles. The van der Waals surface area contributed by atoms with Crippen LogP contribution >= 0.6 is 0 Å². The lowest BCUT2D eigenvalue weighted by molar-refractivity contribution is 0.265. The van der Waals surface area contributed by atoms with Gasteiger partial charge in [0.25, 0.3) is 0 Å². The van der Waals surface area contributed by atoms with Crippen LogP contribution in [0.5, 0.6) is 5.75 Å². The first-order chi connectivity index (χ1) is 6.69. The zero-order chi connectivity index (χ0) is 10.6. The molecule has 74 valence electrons. The molecule has 1 unspecified atom stereocenters. The summed E-state index contributed by atoms with van der Waals surface area (Å²) < 4.78 is 0. The van der Waals surface area contributed by atoms with Gasteiger partial charge < -0.3 is 10.2 Å². The van der Waals surface area contributed by atoms with Gasteiger partial charge in [-0.3, -0.25) is 0 Å². The summed E-state index contributed by atoms with van der Waals surface area (Å²) in [5.74, 6) is 0.0297. The Morgan fingerprint density at radius 2 is 2.29 bits per heavy atom. The third kappa shape index (κ3) is 2.16. The summed E-state index contributed by atoms with van der Waals surface area (Å²) in [7, 11) is 0. The van der Waals surface area contributed by atoms with E-state index in [9.17, 15) is 5.11 Å². The van der Waals surface area contributed by atoms with Crippen molar-refractivity contribution in [2.75, 3.05) is 6.61 Å². The fourth-order valence-electron chi connectivity index (χ4n) is 1.20. The Bertz CT molecular complexity index is 372. The molecular weight excluding hydrogens is 182 g/mol. The van der Waals surface area contributed by atoms with Gasteiger partial charge in [-0.05, 0) is 18.5 Å². The van der Waals surface area contributed by atoms with E-state index in [0.717, 1.165) is 5.56 Å². The Morgan fingerprint density at radius 1 is 1.57 bits per heavy atom. The smallest absolute Gasteiger partial charge is 0.119 e. The van der Waals surface area contributed by atoms with Crippen molar-refractivity contribution < 1.29 is 10.2 Å². The highest BCUT2D eigenvalue weighted by Crippen LogP contribution is 2.27. The lowest BCUT2D eigenvalue weighted by Gasteiger charge is -2.10. The molecule has 0 saturated heterocycles. The Balaban J connectivity index is 3.14. The fraction of sp³-hybridized carbons (Fsp3) is 0.333. The number of hydrogen-bond acceptors (Lipinski definition) is 3. The average Bonchev–Trinajstić information content (AvgIpc) is 2.18.